The van der Waals surface area contributed by atoms with Gasteiger partial charge in [-0.3, -0.25) is 0 Å². The molecule has 0 spiro atoms. The van der Waals surface area contributed by atoms with Gasteiger partial charge in [0.1, 0.15) is 5.82 Å². The zero-order chi connectivity index (χ0) is 13.8. The van der Waals surface area contributed by atoms with Gasteiger partial charge in [-0.15, -0.1) is 0 Å². The fraction of sp³-hybridized carbons (Fsp3) is 0.357. The van der Waals surface area contributed by atoms with Gasteiger partial charge in [0.05, 0.1) is 12.2 Å². The van der Waals surface area contributed by atoms with E-state index in [1.807, 2.05) is 18.4 Å². The number of nitrogens with zero attached hydrogens (tertiary/aromatic N) is 2. The van der Waals surface area contributed by atoms with Crippen LogP contribution in [0.2, 0.25) is 0 Å². The van der Waals surface area contributed by atoms with Crippen LogP contribution in [0.15, 0.2) is 24.4 Å². The van der Waals surface area contributed by atoms with Gasteiger partial charge in [-0.2, -0.15) is 0 Å². The van der Waals surface area contributed by atoms with E-state index in [1.54, 1.807) is 12.3 Å². The molecule has 2 aromatic rings. The minimum absolute atomic E-state index is 0.288. The number of hydrogen-bond acceptors (Lipinski definition) is 2. The molecular weight excluding hydrogens is 248 g/mol. The molecule has 0 saturated heterocycles. The highest BCUT2D eigenvalue weighted by molar-refractivity contribution is 5.21. The number of hydrogen-bond donors (Lipinski definition) is 1. The Morgan fingerprint density at radius 2 is 2.11 bits per heavy atom. The SMILES string of the molecule is CCNCc1cnc(C)n1Cc1cccc(F)c1F. The predicted molar refractivity (Wildman–Crippen MR) is 69.8 cm³/mol. The third kappa shape index (κ3) is 2.98. The lowest BCUT2D eigenvalue weighted by Crippen LogP contribution is -2.17. The minimum atomic E-state index is -0.816. The van der Waals surface area contributed by atoms with Crippen molar-refractivity contribution in [2.24, 2.45) is 0 Å². The lowest BCUT2D eigenvalue weighted by Gasteiger charge is -2.11. The number of nitrogens with one attached hydrogen (secondary N) is 1. The summed E-state index contributed by atoms with van der Waals surface area (Å²) in [5.41, 5.74) is 1.29. The van der Waals surface area contributed by atoms with E-state index in [1.165, 1.54) is 6.07 Å². The Morgan fingerprint density at radius 1 is 1.32 bits per heavy atom. The van der Waals surface area contributed by atoms with Crippen LogP contribution in [-0.2, 0) is 13.1 Å². The van der Waals surface area contributed by atoms with E-state index in [2.05, 4.69) is 10.3 Å². The summed E-state index contributed by atoms with van der Waals surface area (Å²) in [4.78, 5) is 4.22. The summed E-state index contributed by atoms with van der Waals surface area (Å²) in [7, 11) is 0. The van der Waals surface area contributed by atoms with E-state index in [9.17, 15) is 8.78 Å². The zero-order valence-corrected chi connectivity index (χ0v) is 11.1. The van der Waals surface area contributed by atoms with Crippen molar-refractivity contribution >= 4 is 0 Å². The number of imidazole rings is 1. The molecule has 1 aromatic heterocycles. The Hall–Kier alpha value is -1.75. The number of aromatic nitrogens is 2. The van der Waals surface area contributed by atoms with Crippen molar-refractivity contribution in [3.05, 3.63) is 53.1 Å². The third-order valence-corrected chi connectivity index (χ3v) is 3.05. The second-order valence-electron chi connectivity index (χ2n) is 4.38. The molecule has 0 saturated carbocycles. The van der Waals surface area contributed by atoms with Crippen molar-refractivity contribution in [3.63, 3.8) is 0 Å². The lowest BCUT2D eigenvalue weighted by molar-refractivity contribution is 0.493. The molecule has 0 aliphatic carbocycles. The van der Waals surface area contributed by atoms with Gasteiger partial charge in [0.15, 0.2) is 11.6 Å². The highest BCUT2D eigenvalue weighted by Gasteiger charge is 2.12. The maximum Gasteiger partial charge on any atom is 0.163 e. The Labute approximate surface area is 111 Å². The summed E-state index contributed by atoms with van der Waals surface area (Å²) in [6.45, 7) is 5.66. The highest BCUT2D eigenvalue weighted by atomic mass is 19.2. The number of aryl methyl sites for hydroxylation is 1. The van der Waals surface area contributed by atoms with Gasteiger partial charge < -0.3 is 9.88 Å². The monoisotopic (exact) mass is 265 g/mol. The first-order valence-corrected chi connectivity index (χ1v) is 6.28. The van der Waals surface area contributed by atoms with E-state index in [0.29, 0.717) is 12.1 Å². The molecule has 0 bridgehead atoms. The van der Waals surface area contributed by atoms with Crippen LogP contribution in [0.1, 0.15) is 24.0 Å². The quantitative estimate of drug-likeness (QED) is 0.900. The topological polar surface area (TPSA) is 29.9 Å². The van der Waals surface area contributed by atoms with Gasteiger partial charge in [0, 0.05) is 18.3 Å². The first-order chi connectivity index (χ1) is 9.13. The summed E-state index contributed by atoms with van der Waals surface area (Å²) < 4.78 is 28.8. The highest BCUT2D eigenvalue weighted by Crippen LogP contribution is 2.15. The van der Waals surface area contributed by atoms with Crippen molar-refractivity contribution in [2.75, 3.05) is 6.54 Å². The molecule has 0 radical (unpaired) electrons. The molecule has 1 N–H and O–H groups in total. The van der Waals surface area contributed by atoms with E-state index >= 15 is 0 Å². The van der Waals surface area contributed by atoms with Crippen molar-refractivity contribution in [2.45, 2.75) is 26.9 Å². The Bertz CT molecular complexity index is 564. The molecule has 0 unspecified atom stereocenters. The van der Waals surface area contributed by atoms with E-state index in [0.717, 1.165) is 24.1 Å². The Balaban J connectivity index is 2.27. The maximum absolute atomic E-state index is 13.7. The summed E-state index contributed by atoms with van der Waals surface area (Å²) in [6.07, 6.45) is 1.76. The Morgan fingerprint density at radius 3 is 2.84 bits per heavy atom. The van der Waals surface area contributed by atoms with E-state index in [-0.39, 0.29) is 6.54 Å². The van der Waals surface area contributed by atoms with Crippen LogP contribution in [0.3, 0.4) is 0 Å². The second kappa shape index (κ2) is 5.93. The first-order valence-electron chi connectivity index (χ1n) is 6.28. The smallest absolute Gasteiger partial charge is 0.163 e. The van der Waals surface area contributed by atoms with Crippen LogP contribution in [0.4, 0.5) is 8.78 Å². The Kier molecular flexibility index (Phi) is 4.27. The maximum atomic E-state index is 13.7. The third-order valence-electron chi connectivity index (χ3n) is 3.05. The van der Waals surface area contributed by atoms with Crippen molar-refractivity contribution in [1.29, 1.82) is 0 Å². The van der Waals surface area contributed by atoms with Crippen molar-refractivity contribution in [1.82, 2.24) is 14.9 Å². The summed E-state index contributed by atoms with van der Waals surface area (Å²) >= 11 is 0. The molecule has 0 amide bonds. The molecule has 19 heavy (non-hydrogen) atoms. The molecule has 0 aliphatic rings. The molecule has 0 atom stereocenters. The number of benzene rings is 1. The van der Waals surface area contributed by atoms with Gasteiger partial charge in [0.25, 0.3) is 0 Å². The van der Waals surface area contributed by atoms with Gasteiger partial charge in [-0.05, 0) is 19.5 Å². The van der Waals surface area contributed by atoms with Gasteiger partial charge in [-0.25, -0.2) is 13.8 Å². The van der Waals surface area contributed by atoms with Crippen molar-refractivity contribution < 1.29 is 8.78 Å². The van der Waals surface area contributed by atoms with Gasteiger partial charge in [-0.1, -0.05) is 19.1 Å². The fourth-order valence-corrected chi connectivity index (χ4v) is 1.97. The molecule has 1 heterocycles. The van der Waals surface area contributed by atoms with Crippen LogP contribution >= 0.6 is 0 Å². The fourth-order valence-electron chi connectivity index (χ4n) is 1.97. The van der Waals surface area contributed by atoms with E-state index < -0.39 is 11.6 Å². The zero-order valence-electron chi connectivity index (χ0n) is 11.1. The molecule has 102 valence electrons. The molecule has 5 heteroatoms. The minimum Gasteiger partial charge on any atom is -0.326 e. The molecule has 0 fully saturated rings. The van der Waals surface area contributed by atoms with Crippen molar-refractivity contribution in [3.8, 4) is 0 Å². The summed E-state index contributed by atoms with van der Waals surface area (Å²) in [5.74, 6) is -0.815. The normalized spacial score (nSPS) is 10.9. The average Bonchev–Trinajstić information content (AvgIpc) is 2.74. The molecular formula is C14H17F2N3. The summed E-state index contributed by atoms with van der Waals surface area (Å²) in [5, 5.41) is 3.20. The average molecular weight is 265 g/mol. The predicted octanol–water partition coefficient (Wildman–Crippen LogP) is 2.63. The van der Waals surface area contributed by atoms with Crippen LogP contribution < -0.4 is 5.32 Å². The first kappa shape index (κ1) is 13.7. The number of rotatable bonds is 5. The standard InChI is InChI=1S/C14H17F2N3/c1-3-17-7-12-8-18-10(2)19(12)9-11-5-4-6-13(15)14(11)16/h4-6,8,17H,3,7,9H2,1-2H3. The molecule has 3 nitrogen and oxygen atoms in total. The second-order valence-corrected chi connectivity index (χ2v) is 4.38. The number of halogens is 2. The van der Waals surface area contributed by atoms with Crippen LogP contribution in [0, 0.1) is 18.6 Å². The molecule has 2 rings (SSSR count). The van der Waals surface area contributed by atoms with Crippen LogP contribution in [0.25, 0.3) is 0 Å². The van der Waals surface area contributed by atoms with Gasteiger partial charge in [0.2, 0.25) is 0 Å². The van der Waals surface area contributed by atoms with Crippen LogP contribution in [0.5, 0.6) is 0 Å². The lowest BCUT2D eigenvalue weighted by atomic mass is 10.2. The molecule has 0 aliphatic heterocycles. The van der Waals surface area contributed by atoms with E-state index in [4.69, 9.17) is 0 Å². The van der Waals surface area contributed by atoms with Crippen LogP contribution in [-0.4, -0.2) is 16.1 Å². The van der Waals surface area contributed by atoms with Gasteiger partial charge >= 0.3 is 0 Å². The summed E-state index contributed by atoms with van der Waals surface area (Å²) in [6, 6.07) is 4.23. The largest absolute Gasteiger partial charge is 0.326 e. The molecule has 1 aromatic carbocycles.